The van der Waals surface area contributed by atoms with Crippen LogP contribution < -0.4 is 10.6 Å². The molecule has 4 nitrogen and oxygen atoms in total. The molecule has 0 unspecified atom stereocenters. The Morgan fingerprint density at radius 2 is 1.44 bits per heavy atom. The van der Waals surface area contributed by atoms with Gasteiger partial charge >= 0.3 is 0 Å². The van der Waals surface area contributed by atoms with Gasteiger partial charge in [-0.1, -0.05) is 34.8 Å². The molecule has 11 heteroatoms. The second kappa shape index (κ2) is 9.51. The Bertz CT molecular complexity index is 1280. The zero-order valence-corrected chi connectivity index (χ0v) is 20.6. The molecule has 1 saturated carbocycles. The molecule has 0 spiro atoms. The maximum absolute atomic E-state index is 13.4. The molecule has 0 bridgehead atoms. The van der Waals surface area contributed by atoms with Crippen molar-refractivity contribution >= 4 is 81.2 Å². The van der Waals surface area contributed by atoms with Crippen molar-refractivity contribution in [2.45, 2.75) is 10.3 Å². The number of anilines is 2. The minimum absolute atomic E-state index is 0.117. The predicted molar refractivity (Wildman–Crippen MR) is 132 cm³/mol. The second-order valence-electron chi connectivity index (χ2n) is 7.63. The Hall–Kier alpha value is -2.09. The van der Waals surface area contributed by atoms with Gasteiger partial charge in [-0.3, -0.25) is 9.59 Å². The van der Waals surface area contributed by atoms with Crippen molar-refractivity contribution < 1.29 is 18.4 Å². The highest BCUT2D eigenvalue weighted by Crippen LogP contribution is 2.65. The van der Waals surface area contributed by atoms with Gasteiger partial charge in [0.25, 0.3) is 5.91 Å². The first kappa shape index (κ1) is 25.0. The first-order valence-corrected chi connectivity index (χ1v) is 11.6. The number of nitrogens with one attached hydrogen (secondary N) is 2. The second-order valence-corrected chi connectivity index (χ2v) is 10.4. The summed E-state index contributed by atoms with van der Waals surface area (Å²) in [6, 6.07) is 11.6. The Kier molecular flexibility index (Phi) is 7.00. The number of hydrogen-bond acceptors (Lipinski definition) is 2. The summed E-state index contributed by atoms with van der Waals surface area (Å²) >= 11 is 31.0. The monoisotopic (exact) mass is 562 g/mol. The van der Waals surface area contributed by atoms with Gasteiger partial charge in [0.15, 0.2) is 0 Å². The number of amides is 2. The number of rotatable bonds is 5. The van der Waals surface area contributed by atoms with Gasteiger partial charge in [0, 0.05) is 33.3 Å². The third-order valence-electron chi connectivity index (χ3n) is 5.19. The van der Waals surface area contributed by atoms with Crippen molar-refractivity contribution in [3.63, 3.8) is 0 Å². The fourth-order valence-electron chi connectivity index (χ4n) is 3.62. The van der Waals surface area contributed by atoms with Crippen molar-refractivity contribution in [3.8, 4) is 0 Å². The fourth-order valence-corrected chi connectivity index (χ4v) is 5.16. The molecular formula is C23H13Cl5F2N2O2. The number of carbonyl (C=O) groups is 2. The summed E-state index contributed by atoms with van der Waals surface area (Å²) in [4.78, 5) is 25.3. The Labute approximate surface area is 218 Å². The van der Waals surface area contributed by atoms with Crippen LogP contribution in [-0.4, -0.2) is 16.1 Å². The number of halogens is 7. The van der Waals surface area contributed by atoms with E-state index in [9.17, 15) is 18.4 Å². The first-order valence-electron chi connectivity index (χ1n) is 9.67. The molecule has 2 N–H and O–H groups in total. The Morgan fingerprint density at radius 1 is 0.824 bits per heavy atom. The van der Waals surface area contributed by atoms with E-state index in [-0.39, 0.29) is 22.0 Å². The predicted octanol–water partition coefficient (Wildman–Crippen LogP) is 7.70. The minimum atomic E-state index is -1.37. The van der Waals surface area contributed by atoms with Gasteiger partial charge in [0.1, 0.15) is 16.0 Å². The van der Waals surface area contributed by atoms with E-state index in [0.29, 0.717) is 21.7 Å². The van der Waals surface area contributed by atoms with E-state index in [4.69, 9.17) is 58.0 Å². The minimum Gasteiger partial charge on any atom is -0.326 e. The van der Waals surface area contributed by atoms with E-state index >= 15 is 0 Å². The summed E-state index contributed by atoms with van der Waals surface area (Å²) in [5.74, 6) is -4.40. The van der Waals surface area contributed by atoms with E-state index in [1.54, 1.807) is 18.2 Å². The van der Waals surface area contributed by atoms with Crippen LogP contribution in [0.25, 0.3) is 0 Å². The molecule has 0 radical (unpaired) electrons. The number of alkyl halides is 2. The topological polar surface area (TPSA) is 58.2 Å². The van der Waals surface area contributed by atoms with E-state index < -0.39 is 39.6 Å². The van der Waals surface area contributed by atoms with Crippen LogP contribution in [0.5, 0.6) is 0 Å². The van der Waals surface area contributed by atoms with Gasteiger partial charge in [0.05, 0.1) is 16.6 Å². The van der Waals surface area contributed by atoms with E-state index in [0.717, 1.165) is 12.1 Å². The lowest BCUT2D eigenvalue weighted by molar-refractivity contribution is -0.117. The molecule has 1 aliphatic carbocycles. The van der Waals surface area contributed by atoms with Crippen molar-refractivity contribution in [2.24, 2.45) is 5.92 Å². The molecule has 2 atom stereocenters. The molecule has 0 saturated heterocycles. The van der Waals surface area contributed by atoms with Crippen molar-refractivity contribution in [1.82, 2.24) is 0 Å². The maximum atomic E-state index is 13.4. The third kappa shape index (κ3) is 5.26. The summed E-state index contributed by atoms with van der Waals surface area (Å²) in [7, 11) is 0. The first-order chi connectivity index (χ1) is 16.0. The molecule has 0 aromatic heterocycles. The lowest BCUT2D eigenvalue weighted by Gasteiger charge is -2.11. The molecule has 34 heavy (non-hydrogen) atoms. The highest BCUT2D eigenvalue weighted by molar-refractivity contribution is 6.53. The Morgan fingerprint density at radius 3 is 2.06 bits per heavy atom. The maximum Gasteiger partial charge on any atom is 0.255 e. The smallest absolute Gasteiger partial charge is 0.255 e. The lowest BCUT2D eigenvalue weighted by Crippen LogP contribution is -2.18. The highest BCUT2D eigenvalue weighted by Gasteiger charge is 2.67. The SMILES string of the molecule is O=C(Nc1cc(NC(=O)[C@H]2[C@H](c3cc(Cl)cc(Cl)c3)C2(Cl)Cl)ccc1Cl)c1cc(F)cc(F)c1. The van der Waals surface area contributed by atoms with Gasteiger partial charge in [-0.25, -0.2) is 8.78 Å². The number of carbonyl (C=O) groups excluding carboxylic acids is 2. The normalized spacial score (nSPS) is 18.3. The number of benzene rings is 3. The average Bonchev–Trinajstić information content (AvgIpc) is 3.31. The molecule has 1 fully saturated rings. The fraction of sp³-hybridized carbons (Fsp3) is 0.130. The molecule has 0 aliphatic heterocycles. The zero-order valence-electron chi connectivity index (χ0n) is 16.8. The molecule has 0 heterocycles. The largest absolute Gasteiger partial charge is 0.326 e. The van der Waals surface area contributed by atoms with Crippen LogP contribution in [0.1, 0.15) is 21.8 Å². The molecule has 3 aromatic carbocycles. The summed E-state index contributed by atoms with van der Waals surface area (Å²) in [6.45, 7) is 0. The standard InChI is InChI=1S/C23H13Cl5F2N2O2/c24-12-3-10(4-13(25)7-12)19-20(23(19,27)28)22(34)31-16-1-2-17(26)18(9-16)32-21(33)11-5-14(29)8-15(30)6-11/h1-9,19-20H,(H,31,34)(H,32,33)/t19-,20+/m0/s1. The molecule has 4 rings (SSSR count). The van der Waals surface area contributed by atoms with Crippen LogP contribution >= 0.6 is 58.0 Å². The van der Waals surface area contributed by atoms with Crippen molar-refractivity contribution in [3.05, 3.63) is 92.4 Å². The van der Waals surface area contributed by atoms with Gasteiger partial charge < -0.3 is 10.6 Å². The molecule has 2 amide bonds. The Balaban J connectivity index is 1.51. The van der Waals surface area contributed by atoms with Gasteiger partial charge in [-0.2, -0.15) is 0 Å². The van der Waals surface area contributed by atoms with Crippen molar-refractivity contribution in [1.29, 1.82) is 0 Å². The number of hydrogen-bond donors (Lipinski definition) is 2. The average molecular weight is 565 g/mol. The summed E-state index contributed by atoms with van der Waals surface area (Å²) < 4.78 is 25.5. The van der Waals surface area contributed by atoms with Crippen molar-refractivity contribution in [2.75, 3.05) is 10.6 Å². The van der Waals surface area contributed by atoms with Crippen LogP contribution in [0, 0.1) is 17.6 Å². The lowest BCUT2D eigenvalue weighted by atomic mass is 10.1. The molecule has 1 aliphatic rings. The van der Waals surface area contributed by atoms with Gasteiger partial charge in [0.2, 0.25) is 5.91 Å². The van der Waals surface area contributed by atoms with E-state index in [2.05, 4.69) is 10.6 Å². The van der Waals surface area contributed by atoms with E-state index in [1.807, 2.05) is 0 Å². The molecule has 3 aromatic rings. The van der Waals surface area contributed by atoms with Crippen LogP contribution in [-0.2, 0) is 4.79 Å². The molecular weight excluding hydrogens is 552 g/mol. The van der Waals surface area contributed by atoms with Crippen LogP contribution in [0.15, 0.2) is 54.6 Å². The zero-order chi connectivity index (χ0) is 24.8. The van der Waals surface area contributed by atoms with Gasteiger partial charge in [-0.05, 0) is 54.1 Å². The third-order valence-corrected chi connectivity index (χ3v) is 6.89. The van der Waals surface area contributed by atoms with Gasteiger partial charge in [-0.15, -0.1) is 23.2 Å². The summed E-state index contributed by atoms with van der Waals surface area (Å²) in [5, 5.41) is 6.06. The quantitative estimate of drug-likeness (QED) is 0.312. The molecule has 176 valence electrons. The summed E-state index contributed by atoms with van der Waals surface area (Å²) in [6.07, 6.45) is 0. The highest BCUT2D eigenvalue weighted by atomic mass is 35.5. The van der Waals surface area contributed by atoms with Crippen LogP contribution in [0.4, 0.5) is 20.2 Å². The van der Waals surface area contributed by atoms with Crippen LogP contribution in [0.2, 0.25) is 15.1 Å². The summed E-state index contributed by atoms with van der Waals surface area (Å²) in [5.41, 5.74) is 0.784. The van der Waals surface area contributed by atoms with Crippen LogP contribution in [0.3, 0.4) is 0 Å². The van der Waals surface area contributed by atoms with E-state index in [1.165, 1.54) is 18.2 Å².